The van der Waals surface area contributed by atoms with E-state index >= 15 is 0 Å². The first-order chi connectivity index (χ1) is 15.3. The molecule has 0 radical (unpaired) electrons. The third kappa shape index (κ3) is 5.55. The van der Waals surface area contributed by atoms with Gasteiger partial charge in [0.2, 0.25) is 11.8 Å². The highest BCUT2D eigenvalue weighted by atomic mass is 19.1. The standard InChI is InChI=1S/C23H23F2N3O4/c1-13(27-23(32)20(29)15-10-16(24)12-17(25)11-15)21(30)28-19-18(8-5-9-26-22(19)31)14-6-3-2-4-7-14/h2-4,6-8,10-13,19-20,29H,5,9H2,1H3,(H,26,31)(H,27,32)(H,28,30)/t13-,19-,20-/m0/s1. The third-order valence-electron chi connectivity index (χ3n) is 4.98. The predicted molar refractivity (Wildman–Crippen MR) is 113 cm³/mol. The SMILES string of the molecule is C[C@H](NC(=O)[C@@H](O)c1cc(F)cc(F)c1)C(=O)N[C@@H]1C(=O)NCCC=C1c1ccccc1. The molecule has 0 unspecified atom stereocenters. The van der Waals surface area contributed by atoms with Crippen LogP contribution in [0.1, 0.15) is 30.6 Å². The van der Waals surface area contributed by atoms with Crippen LogP contribution in [0.15, 0.2) is 54.6 Å². The topological polar surface area (TPSA) is 108 Å². The van der Waals surface area contributed by atoms with Crippen LogP contribution < -0.4 is 16.0 Å². The molecule has 1 aliphatic heterocycles. The average Bonchev–Trinajstić information content (AvgIpc) is 2.94. The number of carbonyl (C=O) groups is 3. The number of carbonyl (C=O) groups excluding carboxylic acids is 3. The van der Waals surface area contributed by atoms with Crippen LogP contribution in [-0.2, 0) is 14.4 Å². The molecule has 0 saturated carbocycles. The van der Waals surface area contributed by atoms with E-state index in [9.17, 15) is 28.3 Å². The summed E-state index contributed by atoms with van der Waals surface area (Å²) in [6.07, 6.45) is 0.575. The van der Waals surface area contributed by atoms with Crippen LogP contribution in [0.25, 0.3) is 5.57 Å². The number of halogens is 2. The molecular weight excluding hydrogens is 420 g/mol. The van der Waals surface area contributed by atoms with Gasteiger partial charge in [-0.25, -0.2) is 8.78 Å². The molecule has 2 aromatic rings. The summed E-state index contributed by atoms with van der Waals surface area (Å²) < 4.78 is 26.7. The van der Waals surface area contributed by atoms with Crippen molar-refractivity contribution in [3.63, 3.8) is 0 Å². The first kappa shape index (κ1) is 23.1. The normalized spacial score (nSPS) is 17.9. The molecule has 9 heteroatoms. The number of hydrogen-bond acceptors (Lipinski definition) is 4. The molecule has 0 aromatic heterocycles. The van der Waals surface area contributed by atoms with Crippen molar-refractivity contribution in [1.29, 1.82) is 0 Å². The number of aliphatic hydroxyl groups is 1. The van der Waals surface area contributed by atoms with Gasteiger partial charge >= 0.3 is 0 Å². The first-order valence-electron chi connectivity index (χ1n) is 10.0. The molecule has 2 aromatic carbocycles. The zero-order valence-electron chi connectivity index (χ0n) is 17.3. The molecule has 0 spiro atoms. The van der Waals surface area contributed by atoms with Crippen molar-refractivity contribution in [2.75, 3.05) is 6.54 Å². The molecule has 3 atom stereocenters. The highest BCUT2D eigenvalue weighted by Gasteiger charge is 2.30. The summed E-state index contributed by atoms with van der Waals surface area (Å²) >= 11 is 0. The molecule has 1 aliphatic rings. The second kappa shape index (κ2) is 10.1. The maximum Gasteiger partial charge on any atom is 0.254 e. The van der Waals surface area contributed by atoms with Crippen LogP contribution in [0.3, 0.4) is 0 Å². The Labute approximate surface area is 183 Å². The monoisotopic (exact) mass is 443 g/mol. The van der Waals surface area contributed by atoms with Crippen molar-refractivity contribution in [2.24, 2.45) is 0 Å². The fourth-order valence-electron chi connectivity index (χ4n) is 3.35. The average molecular weight is 443 g/mol. The smallest absolute Gasteiger partial charge is 0.254 e. The van der Waals surface area contributed by atoms with Crippen LogP contribution in [0.2, 0.25) is 0 Å². The number of aliphatic hydroxyl groups excluding tert-OH is 1. The Morgan fingerprint density at radius 2 is 1.75 bits per heavy atom. The van der Waals surface area contributed by atoms with Crippen molar-refractivity contribution in [3.8, 4) is 0 Å². The van der Waals surface area contributed by atoms with Gasteiger partial charge in [-0.1, -0.05) is 36.4 Å². The minimum absolute atomic E-state index is 0.287. The number of amides is 3. The Balaban J connectivity index is 1.70. The highest BCUT2D eigenvalue weighted by Crippen LogP contribution is 2.21. The lowest BCUT2D eigenvalue weighted by Gasteiger charge is -2.23. The number of benzene rings is 2. The fourth-order valence-corrected chi connectivity index (χ4v) is 3.35. The maximum atomic E-state index is 13.4. The highest BCUT2D eigenvalue weighted by molar-refractivity contribution is 6.01. The summed E-state index contributed by atoms with van der Waals surface area (Å²) in [5, 5.41) is 17.8. The summed E-state index contributed by atoms with van der Waals surface area (Å²) in [6.45, 7) is 1.79. The molecule has 168 valence electrons. The van der Waals surface area contributed by atoms with E-state index < -0.39 is 41.6 Å². The Bertz CT molecular complexity index is 1020. The molecule has 3 amide bonds. The molecule has 1 heterocycles. The van der Waals surface area contributed by atoms with Crippen LogP contribution in [0, 0.1) is 11.6 Å². The van der Waals surface area contributed by atoms with E-state index in [4.69, 9.17) is 0 Å². The molecule has 0 fully saturated rings. The number of nitrogens with one attached hydrogen (secondary N) is 3. The summed E-state index contributed by atoms with van der Waals surface area (Å²) in [5.41, 5.74) is 1.11. The van der Waals surface area contributed by atoms with Crippen LogP contribution in [-0.4, -0.2) is 41.5 Å². The van der Waals surface area contributed by atoms with Gasteiger partial charge in [-0.3, -0.25) is 14.4 Å². The Hall–Kier alpha value is -3.59. The van der Waals surface area contributed by atoms with Crippen LogP contribution >= 0.6 is 0 Å². The zero-order valence-corrected chi connectivity index (χ0v) is 17.3. The van der Waals surface area contributed by atoms with E-state index in [1.807, 2.05) is 36.4 Å². The number of hydrogen-bond donors (Lipinski definition) is 4. The van der Waals surface area contributed by atoms with Crippen molar-refractivity contribution in [1.82, 2.24) is 16.0 Å². The van der Waals surface area contributed by atoms with Crippen molar-refractivity contribution in [2.45, 2.75) is 31.5 Å². The molecule has 32 heavy (non-hydrogen) atoms. The molecule has 7 nitrogen and oxygen atoms in total. The van der Waals surface area contributed by atoms with Crippen molar-refractivity contribution < 1.29 is 28.3 Å². The Morgan fingerprint density at radius 3 is 2.41 bits per heavy atom. The van der Waals surface area contributed by atoms with Crippen molar-refractivity contribution in [3.05, 3.63) is 77.4 Å². The lowest BCUT2D eigenvalue weighted by Crippen LogP contribution is -2.53. The van der Waals surface area contributed by atoms with E-state index in [0.29, 0.717) is 24.6 Å². The van der Waals surface area contributed by atoms with Gasteiger partial charge in [-0.2, -0.15) is 0 Å². The quantitative estimate of drug-likeness (QED) is 0.544. The van der Waals surface area contributed by atoms with Gasteiger partial charge in [0, 0.05) is 12.6 Å². The summed E-state index contributed by atoms with van der Waals surface area (Å²) in [5.74, 6) is -3.96. The fraction of sp³-hybridized carbons (Fsp3) is 0.261. The third-order valence-corrected chi connectivity index (χ3v) is 4.98. The van der Waals surface area contributed by atoms with Gasteiger partial charge in [0.25, 0.3) is 5.91 Å². The molecule has 0 saturated heterocycles. The second-order valence-electron chi connectivity index (χ2n) is 7.38. The lowest BCUT2D eigenvalue weighted by molar-refractivity contribution is -0.134. The van der Waals surface area contributed by atoms with E-state index in [-0.39, 0.29) is 11.5 Å². The van der Waals surface area contributed by atoms with Crippen molar-refractivity contribution >= 4 is 23.3 Å². The molecular formula is C23H23F2N3O4. The zero-order chi connectivity index (χ0) is 23.3. The maximum absolute atomic E-state index is 13.4. The van der Waals surface area contributed by atoms with Crippen LogP contribution in [0.5, 0.6) is 0 Å². The summed E-state index contributed by atoms with van der Waals surface area (Å²) in [6, 6.07) is 9.26. The molecule has 4 N–H and O–H groups in total. The second-order valence-corrected chi connectivity index (χ2v) is 7.38. The van der Waals surface area contributed by atoms with Gasteiger partial charge in [0.05, 0.1) is 0 Å². The van der Waals surface area contributed by atoms with E-state index in [1.165, 1.54) is 6.92 Å². The summed E-state index contributed by atoms with van der Waals surface area (Å²) in [7, 11) is 0. The van der Waals surface area contributed by atoms with Crippen LogP contribution in [0.4, 0.5) is 8.78 Å². The van der Waals surface area contributed by atoms with Gasteiger partial charge in [0.1, 0.15) is 23.7 Å². The molecule has 3 rings (SSSR count). The van der Waals surface area contributed by atoms with E-state index in [2.05, 4.69) is 16.0 Å². The minimum Gasteiger partial charge on any atom is -0.378 e. The Kier molecular flexibility index (Phi) is 7.32. The summed E-state index contributed by atoms with van der Waals surface area (Å²) in [4.78, 5) is 37.6. The first-order valence-corrected chi connectivity index (χ1v) is 10.0. The minimum atomic E-state index is -1.88. The largest absolute Gasteiger partial charge is 0.378 e. The molecule has 0 bridgehead atoms. The lowest BCUT2D eigenvalue weighted by atomic mass is 9.97. The van der Waals surface area contributed by atoms with Gasteiger partial charge in [-0.15, -0.1) is 0 Å². The molecule has 0 aliphatic carbocycles. The predicted octanol–water partition coefficient (Wildman–Crippen LogP) is 1.59. The van der Waals surface area contributed by atoms with E-state index in [1.54, 1.807) is 0 Å². The van der Waals surface area contributed by atoms with Gasteiger partial charge in [0.15, 0.2) is 6.10 Å². The van der Waals surface area contributed by atoms with Gasteiger partial charge in [-0.05, 0) is 42.2 Å². The number of rotatable bonds is 6. The van der Waals surface area contributed by atoms with E-state index in [0.717, 1.165) is 17.7 Å². The Morgan fingerprint density at radius 1 is 1.09 bits per heavy atom. The van der Waals surface area contributed by atoms with Gasteiger partial charge < -0.3 is 21.1 Å².